The molecule has 0 unspecified atom stereocenters. The van der Waals surface area contributed by atoms with Gasteiger partial charge in [-0.05, 0) is 0 Å². The minimum absolute atomic E-state index is 0.0661. The Bertz CT molecular complexity index is 355. The van der Waals surface area contributed by atoms with Gasteiger partial charge in [0.15, 0.2) is 0 Å². The fraction of sp³-hybridized carbons (Fsp3) is 0.125. The van der Waals surface area contributed by atoms with E-state index in [2.05, 4.69) is 11.1 Å². The van der Waals surface area contributed by atoms with Gasteiger partial charge in [0.25, 0.3) is 0 Å². The summed E-state index contributed by atoms with van der Waals surface area (Å²) in [6.07, 6.45) is 0. The zero-order valence-electron chi connectivity index (χ0n) is 6.23. The molecule has 0 aromatic carbocycles. The van der Waals surface area contributed by atoms with Crippen molar-refractivity contribution >= 4 is 25.8 Å². The first-order chi connectivity index (χ1) is 5.90. The molecule has 2 aromatic heterocycles. The van der Waals surface area contributed by atoms with Crippen LogP contribution in [0.3, 0.4) is 0 Å². The number of hydrogen-bond donors (Lipinski definition) is 1. The van der Waals surface area contributed by atoms with E-state index in [1.54, 1.807) is 11.3 Å². The summed E-state index contributed by atoms with van der Waals surface area (Å²) in [5, 5.41) is 10.9. The first-order valence-corrected chi connectivity index (χ1v) is 6.22. The van der Waals surface area contributed by atoms with Crippen molar-refractivity contribution in [2.75, 3.05) is 0 Å². The van der Waals surface area contributed by atoms with Gasteiger partial charge in [-0.25, -0.2) is 0 Å². The second-order valence-corrected chi connectivity index (χ2v) is 5.03. The monoisotopic (exact) mass is 245 g/mol. The molecule has 12 heavy (non-hydrogen) atoms. The summed E-state index contributed by atoms with van der Waals surface area (Å²) in [5.41, 5.74) is 0.818. The Kier molecular flexibility index (Phi) is 2.42. The second kappa shape index (κ2) is 3.54. The van der Waals surface area contributed by atoms with Crippen molar-refractivity contribution in [3.63, 3.8) is 0 Å². The van der Waals surface area contributed by atoms with E-state index in [1.807, 2.05) is 16.4 Å². The molecule has 2 heterocycles. The number of aliphatic hydroxyl groups excluding tert-OH is 1. The average Bonchev–Trinajstić information content (AvgIpc) is 2.75. The predicted octanol–water partition coefficient (Wildman–Crippen LogP) is 1.36. The van der Waals surface area contributed by atoms with Crippen molar-refractivity contribution in [1.82, 2.24) is 4.98 Å². The molecule has 0 spiro atoms. The standard InChI is InChI=1S/C8H7NOSSe/c10-4-6-5-12-8(9-6)7-2-1-3-11-7/h1-3,5,10H,4H2. The van der Waals surface area contributed by atoms with Crippen LogP contribution < -0.4 is 0 Å². The van der Waals surface area contributed by atoms with Crippen molar-refractivity contribution in [1.29, 1.82) is 0 Å². The van der Waals surface area contributed by atoms with Crippen molar-refractivity contribution in [2.24, 2.45) is 0 Å². The van der Waals surface area contributed by atoms with E-state index in [0.717, 1.165) is 10.3 Å². The Morgan fingerprint density at radius 3 is 3.08 bits per heavy atom. The zero-order chi connectivity index (χ0) is 8.39. The van der Waals surface area contributed by atoms with Crippen LogP contribution in [0.15, 0.2) is 22.5 Å². The van der Waals surface area contributed by atoms with Gasteiger partial charge < -0.3 is 0 Å². The summed E-state index contributed by atoms with van der Waals surface area (Å²) < 4.78 is 1.14. The van der Waals surface area contributed by atoms with Crippen molar-refractivity contribution in [3.05, 3.63) is 28.1 Å². The minimum atomic E-state index is 0.0661. The van der Waals surface area contributed by atoms with E-state index in [-0.39, 0.29) is 6.61 Å². The molecule has 2 aromatic rings. The topological polar surface area (TPSA) is 33.1 Å². The van der Waals surface area contributed by atoms with Crippen LogP contribution in [0.4, 0.5) is 0 Å². The molecule has 4 heteroatoms. The summed E-state index contributed by atoms with van der Waals surface area (Å²) in [4.78, 5) is 7.58. The van der Waals surface area contributed by atoms with Crippen LogP contribution in [0, 0.1) is 0 Å². The molecular formula is C8H7NOSSe. The summed E-state index contributed by atoms with van der Waals surface area (Å²) in [6.45, 7) is 0.0661. The number of thiophene rings is 1. The van der Waals surface area contributed by atoms with Gasteiger partial charge in [-0.1, -0.05) is 0 Å². The molecule has 2 rings (SSSR count). The maximum absolute atomic E-state index is 8.82. The Labute approximate surface area is 80.3 Å². The molecular weight excluding hydrogens is 237 g/mol. The molecule has 0 saturated heterocycles. The van der Waals surface area contributed by atoms with Crippen molar-refractivity contribution < 1.29 is 5.11 Å². The van der Waals surface area contributed by atoms with E-state index in [9.17, 15) is 0 Å². The van der Waals surface area contributed by atoms with Crippen LogP contribution in [0.1, 0.15) is 5.69 Å². The van der Waals surface area contributed by atoms with Gasteiger partial charge >= 0.3 is 80.1 Å². The van der Waals surface area contributed by atoms with Gasteiger partial charge in [0.2, 0.25) is 0 Å². The predicted molar refractivity (Wildman–Crippen MR) is 50.4 cm³/mol. The Hall–Kier alpha value is -0.411. The first kappa shape index (κ1) is 8.20. The quantitative estimate of drug-likeness (QED) is 0.809. The number of nitrogens with zero attached hydrogens (tertiary/aromatic N) is 1. The first-order valence-electron chi connectivity index (χ1n) is 3.49. The fourth-order valence-electron chi connectivity index (χ4n) is 0.893. The molecule has 0 bridgehead atoms. The number of hydrogen-bond acceptors (Lipinski definition) is 3. The molecule has 1 N–H and O–H groups in total. The Morgan fingerprint density at radius 1 is 1.58 bits per heavy atom. The third kappa shape index (κ3) is 1.52. The van der Waals surface area contributed by atoms with Gasteiger partial charge in [0.05, 0.1) is 0 Å². The van der Waals surface area contributed by atoms with Crippen LogP contribution in [0.5, 0.6) is 0 Å². The molecule has 0 aliphatic heterocycles. The number of aliphatic hydroxyl groups is 1. The van der Waals surface area contributed by atoms with Crippen LogP contribution in [-0.4, -0.2) is 24.6 Å². The normalized spacial score (nSPS) is 10.4. The molecule has 0 aliphatic rings. The summed E-state index contributed by atoms with van der Waals surface area (Å²) in [7, 11) is 0. The van der Waals surface area contributed by atoms with E-state index >= 15 is 0 Å². The molecule has 62 valence electrons. The second-order valence-electron chi connectivity index (χ2n) is 2.28. The van der Waals surface area contributed by atoms with Crippen molar-refractivity contribution in [2.45, 2.75) is 6.61 Å². The molecule has 0 radical (unpaired) electrons. The molecule has 0 atom stereocenters. The van der Waals surface area contributed by atoms with Gasteiger partial charge in [0.1, 0.15) is 0 Å². The van der Waals surface area contributed by atoms with Crippen LogP contribution >= 0.6 is 11.3 Å². The van der Waals surface area contributed by atoms with E-state index in [4.69, 9.17) is 5.11 Å². The van der Waals surface area contributed by atoms with Crippen LogP contribution in [-0.2, 0) is 6.61 Å². The summed E-state index contributed by atoms with van der Waals surface area (Å²) in [5.74, 6) is 0. The van der Waals surface area contributed by atoms with Crippen molar-refractivity contribution in [3.8, 4) is 9.44 Å². The molecule has 0 saturated carbocycles. The van der Waals surface area contributed by atoms with Gasteiger partial charge in [-0.2, -0.15) is 0 Å². The third-order valence-corrected chi connectivity index (χ3v) is 4.55. The van der Waals surface area contributed by atoms with E-state index in [0.29, 0.717) is 14.5 Å². The summed E-state index contributed by atoms with van der Waals surface area (Å²) >= 11 is 2.02. The third-order valence-electron chi connectivity index (χ3n) is 1.45. The van der Waals surface area contributed by atoms with Crippen LogP contribution in [0.25, 0.3) is 9.44 Å². The van der Waals surface area contributed by atoms with Gasteiger partial charge in [-0.15, -0.1) is 0 Å². The number of aromatic nitrogens is 1. The average molecular weight is 244 g/mol. The van der Waals surface area contributed by atoms with E-state index in [1.165, 1.54) is 4.88 Å². The summed E-state index contributed by atoms with van der Waals surface area (Å²) in [6, 6.07) is 4.09. The molecule has 0 aliphatic carbocycles. The Balaban J connectivity index is 2.35. The molecule has 0 fully saturated rings. The van der Waals surface area contributed by atoms with Crippen LogP contribution in [0.2, 0.25) is 0 Å². The zero-order valence-corrected chi connectivity index (χ0v) is 8.76. The SMILES string of the molecule is OCc1c[se]c(-c2cccs2)n1. The Morgan fingerprint density at radius 2 is 2.50 bits per heavy atom. The van der Waals surface area contributed by atoms with Gasteiger partial charge in [-0.3, -0.25) is 0 Å². The van der Waals surface area contributed by atoms with E-state index < -0.39 is 0 Å². The van der Waals surface area contributed by atoms with Gasteiger partial charge in [0, 0.05) is 0 Å². The maximum atomic E-state index is 8.82. The molecule has 0 amide bonds. The molecule has 2 nitrogen and oxygen atoms in total. The fourth-order valence-corrected chi connectivity index (χ4v) is 3.58. The number of rotatable bonds is 2.